The van der Waals surface area contributed by atoms with Crippen LogP contribution in [0.25, 0.3) is 10.9 Å². The van der Waals surface area contributed by atoms with Crippen LogP contribution < -0.4 is 10.2 Å². The minimum atomic E-state index is -0.0280. The largest absolute Gasteiger partial charge is 0.380 e. The van der Waals surface area contributed by atoms with Crippen LogP contribution in [0.3, 0.4) is 0 Å². The Morgan fingerprint density at radius 3 is 2.73 bits per heavy atom. The van der Waals surface area contributed by atoms with Crippen molar-refractivity contribution in [1.82, 2.24) is 4.57 Å². The van der Waals surface area contributed by atoms with E-state index in [0.29, 0.717) is 12.6 Å². The van der Waals surface area contributed by atoms with Crippen molar-refractivity contribution in [3.63, 3.8) is 0 Å². The Bertz CT molecular complexity index is 901. The van der Waals surface area contributed by atoms with Gasteiger partial charge in [-0.2, -0.15) is 0 Å². The number of benzene rings is 2. The van der Waals surface area contributed by atoms with Gasteiger partial charge >= 0.3 is 0 Å². The molecule has 5 nitrogen and oxygen atoms in total. The first-order chi connectivity index (χ1) is 12.7. The second-order valence-electron chi connectivity index (χ2n) is 6.69. The Morgan fingerprint density at radius 2 is 1.96 bits per heavy atom. The van der Waals surface area contributed by atoms with E-state index in [-0.39, 0.29) is 5.91 Å². The fraction of sp³-hybridized carbons (Fsp3) is 0.286. The van der Waals surface area contributed by atoms with Gasteiger partial charge in [0.2, 0.25) is 5.91 Å². The molecule has 0 bridgehead atoms. The van der Waals surface area contributed by atoms with Crippen LogP contribution in [0.1, 0.15) is 6.42 Å². The molecular formula is C21H23N3O2. The van der Waals surface area contributed by atoms with Crippen molar-refractivity contribution in [2.24, 2.45) is 0 Å². The third-order valence-electron chi connectivity index (χ3n) is 4.99. The maximum atomic E-state index is 12.4. The second kappa shape index (κ2) is 7.22. The highest BCUT2D eigenvalue weighted by Gasteiger charge is 2.22. The zero-order valence-electron chi connectivity index (χ0n) is 14.9. The number of ether oxygens (including phenoxy) is 1. The van der Waals surface area contributed by atoms with Gasteiger partial charge in [-0.05, 0) is 48.2 Å². The molecule has 0 saturated carbocycles. The summed E-state index contributed by atoms with van der Waals surface area (Å²) in [5, 5.41) is 4.12. The Morgan fingerprint density at radius 1 is 1.15 bits per heavy atom. The molecule has 0 unspecified atom stereocenters. The second-order valence-corrected chi connectivity index (χ2v) is 6.69. The fourth-order valence-corrected chi connectivity index (χ4v) is 3.54. The number of amides is 1. The number of rotatable bonds is 5. The molecule has 1 saturated heterocycles. The monoisotopic (exact) mass is 349 g/mol. The average Bonchev–Trinajstić information content (AvgIpc) is 3.30. The number of nitrogens with one attached hydrogen (secondary N) is 1. The standard InChI is InChI=1S/C21H23N3O2/c1-26-19-11-13-23(14-19)18-8-6-17(7-9-18)22-21(25)15-24-12-10-16-4-2-3-5-20(16)24/h2-10,12,19H,11,13-15H2,1H3,(H,22,25)/t19-/m0/s1. The molecule has 1 atom stereocenters. The molecular weight excluding hydrogens is 326 g/mol. The third-order valence-corrected chi connectivity index (χ3v) is 4.99. The van der Waals surface area contributed by atoms with E-state index in [0.717, 1.165) is 36.1 Å². The SMILES string of the molecule is CO[C@H]1CCN(c2ccc(NC(=O)Cn3ccc4ccccc43)cc2)C1. The van der Waals surface area contributed by atoms with Crippen molar-refractivity contribution >= 4 is 28.2 Å². The molecule has 1 fully saturated rings. The van der Waals surface area contributed by atoms with Crippen molar-refractivity contribution in [1.29, 1.82) is 0 Å². The number of methoxy groups -OCH3 is 1. The van der Waals surface area contributed by atoms with Crippen LogP contribution in [0.4, 0.5) is 11.4 Å². The van der Waals surface area contributed by atoms with Crippen molar-refractivity contribution in [2.45, 2.75) is 19.1 Å². The first kappa shape index (κ1) is 16.7. The number of anilines is 2. The first-order valence-electron chi connectivity index (χ1n) is 8.94. The van der Waals surface area contributed by atoms with Crippen LogP contribution in [-0.4, -0.2) is 36.8 Å². The number of para-hydroxylation sites is 1. The molecule has 1 aromatic heterocycles. The summed E-state index contributed by atoms with van der Waals surface area (Å²) in [5.41, 5.74) is 3.05. The fourth-order valence-electron chi connectivity index (χ4n) is 3.54. The summed E-state index contributed by atoms with van der Waals surface area (Å²) in [6, 6.07) is 18.1. The predicted molar refractivity (Wildman–Crippen MR) is 105 cm³/mol. The van der Waals surface area contributed by atoms with Crippen LogP contribution in [0.5, 0.6) is 0 Å². The number of fused-ring (bicyclic) bond motifs is 1. The van der Waals surface area contributed by atoms with E-state index in [9.17, 15) is 4.79 Å². The Labute approximate surface area is 153 Å². The Hall–Kier alpha value is -2.79. The number of nitrogens with zero attached hydrogens (tertiary/aromatic N) is 2. The highest BCUT2D eigenvalue weighted by atomic mass is 16.5. The maximum Gasteiger partial charge on any atom is 0.244 e. The third kappa shape index (κ3) is 3.44. The lowest BCUT2D eigenvalue weighted by molar-refractivity contribution is -0.116. The van der Waals surface area contributed by atoms with Gasteiger partial charge in [0.15, 0.2) is 0 Å². The number of aromatic nitrogens is 1. The molecule has 1 aliphatic heterocycles. The van der Waals surface area contributed by atoms with Gasteiger partial charge in [0.05, 0.1) is 6.10 Å². The zero-order valence-corrected chi connectivity index (χ0v) is 14.9. The smallest absolute Gasteiger partial charge is 0.244 e. The van der Waals surface area contributed by atoms with E-state index in [4.69, 9.17) is 4.74 Å². The first-order valence-corrected chi connectivity index (χ1v) is 8.94. The summed E-state index contributed by atoms with van der Waals surface area (Å²) < 4.78 is 7.39. The summed E-state index contributed by atoms with van der Waals surface area (Å²) in [6.45, 7) is 2.23. The molecule has 1 amide bonds. The summed E-state index contributed by atoms with van der Waals surface area (Å²) >= 11 is 0. The number of hydrogen-bond acceptors (Lipinski definition) is 3. The number of hydrogen-bond donors (Lipinski definition) is 1. The molecule has 2 aromatic carbocycles. The van der Waals surface area contributed by atoms with Gasteiger partial charge < -0.3 is 19.5 Å². The van der Waals surface area contributed by atoms with Gasteiger partial charge in [-0.3, -0.25) is 4.79 Å². The molecule has 0 aliphatic carbocycles. The molecule has 4 rings (SSSR count). The van der Waals surface area contributed by atoms with Crippen molar-refractivity contribution in [3.8, 4) is 0 Å². The van der Waals surface area contributed by atoms with Gasteiger partial charge in [-0.1, -0.05) is 18.2 Å². The van der Waals surface area contributed by atoms with Crippen LogP contribution in [-0.2, 0) is 16.1 Å². The number of carbonyl (C=O) groups excluding carboxylic acids is 1. The van der Waals surface area contributed by atoms with E-state index in [1.165, 1.54) is 5.69 Å². The lowest BCUT2D eigenvalue weighted by Gasteiger charge is -2.18. The van der Waals surface area contributed by atoms with E-state index in [1.54, 1.807) is 7.11 Å². The highest BCUT2D eigenvalue weighted by Crippen LogP contribution is 2.23. The minimum Gasteiger partial charge on any atom is -0.380 e. The average molecular weight is 349 g/mol. The van der Waals surface area contributed by atoms with Gasteiger partial charge in [0, 0.05) is 43.3 Å². The minimum absolute atomic E-state index is 0.0280. The lowest BCUT2D eigenvalue weighted by Crippen LogP contribution is -2.22. The van der Waals surface area contributed by atoms with Gasteiger partial charge in [0.25, 0.3) is 0 Å². The van der Waals surface area contributed by atoms with Crippen LogP contribution in [0.15, 0.2) is 60.8 Å². The molecule has 0 radical (unpaired) electrons. The van der Waals surface area contributed by atoms with E-state index in [2.05, 4.69) is 28.4 Å². The molecule has 0 spiro atoms. The molecule has 26 heavy (non-hydrogen) atoms. The predicted octanol–water partition coefficient (Wildman–Crippen LogP) is 3.51. The quantitative estimate of drug-likeness (QED) is 0.767. The molecule has 134 valence electrons. The zero-order chi connectivity index (χ0) is 17.9. The van der Waals surface area contributed by atoms with Crippen molar-refractivity contribution in [3.05, 3.63) is 60.8 Å². The lowest BCUT2D eigenvalue weighted by atomic mass is 10.2. The molecule has 1 aliphatic rings. The topological polar surface area (TPSA) is 46.5 Å². The van der Waals surface area contributed by atoms with Gasteiger partial charge in [-0.15, -0.1) is 0 Å². The summed E-state index contributed by atoms with van der Waals surface area (Å²) in [4.78, 5) is 14.7. The maximum absolute atomic E-state index is 12.4. The van der Waals surface area contributed by atoms with Crippen LogP contribution in [0.2, 0.25) is 0 Å². The molecule has 2 heterocycles. The number of carbonyl (C=O) groups is 1. The van der Waals surface area contributed by atoms with Crippen LogP contribution in [0, 0.1) is 0 Å². The van der Waals surface area contributed by atoms with Gasteiger partial charge in [0.1, 0.15) is 6.54 Å². The summed E-state index contributed by atoms with van der Waals surface area (Å²) in [5.74, 6) is -0.0280. The highest BCUT2D eigenvalue weighted by molar-refractivity contribution is 5.92. The van der Waals surface area contributed by atoms with Crippen molar-refractivity contribution in [2.75, 3.05) is 30.4 Å². The molecule has 3 aromatic rings. The van der Waals surface area contributed by atoms with Gasteiger partial charge in [-0.25, -0.2) is 0 Å². The summed E-state index contributed by atoms with van der Waals surface area (Å²) in [7, 11) is 1.76. The molecule has 1 N–H and O–H groups in total. The van der Waals surface area contributed by atoms with E-state index < -0.39 is 0 Å². The summed E-state index contributed by atoms with van der Waals surface area (Å²) in [6.07, 6.45) is 3.32. The molecule has 5 heteroatoms. The normalized spacial score (nSPS) is 17.0. The van der Waals surface area contributed by atoms with E-state index >= 15 is 0 Å². The Kier molecular flexibility index (Phi) is 4.63. The van der Waals surface area contributed by atoms with Crippen LogP contribution >= 0.6 is 0 Å². The van der Waals surface area contributed by atoms with E-state index in [1.807, 2.05) is 47.2 Å². The van der Waals surface area contributed by atoms with Crippen molar-refractivity contribution < 1.29 is 9.53 Å². The Balaban J connectivity index is 1.39.